The number of hydrogen-bond acceptors (Lipinski definition) is 3. The molecule has 0 radical (unpaired) electrons. The monoisotopic (exact) mass is 324 g/mol. The lowest BCUT2D eigenvalue weighted by atomic mass is 9.63. The Labute approximate surface area is 141 Å². The molecule has 0 bridgehead atoms. The summed E-state index contributed by atoms with van der Waals surface area (Å²) in [6.07, 6.45) is 2.76. The van der Waals surface area contributed by atoms with Crippen LogP contribution >= 0.6 is 0 Å². The van der Waals surface area contributed by atoms with Gasteiger partial charge in [-0.25, -0.2) is 0 Å². The Morgan fingerprint density at radius 2 is 1.88 bits per heavy atom. The minimum atomic E-state index is -0.434. The third-order valence-corrected chi connectivity index (χ3v) is 4.83. The summed E-state index contributed by atoms with van der Waals surface area (Å²) in [6, 6.07) is 16.4. The largest absolute Gasteiger partial charge is 0.341 e. The zero-order valence-corrected chi connectivity index (χ0v) is 13.6. The summed E-state index contributed by atoms with van der Waals surface area (Å²) in [5, 5.41) is 10.9. The van der Waals surface area contributed by atoms with Gasteiger partial charge in [-0.3, -0.25) is 14.9 Å². The van der Waals surface area contributed by atoms with E-state index in [0.717, 1.165) is 30.4 Å². The highest BCUT2D eigenvalue weighted by Crippen LogP contribution is 2.45. The molecule has 0 spiro atoms. The van der Waals surface area contributed by atoms with E-state index in [1.807, 2.05) is 36.4 Å². The Bertz CT molecular complexity index is 754. The highest BCUT2D eigenvalue weighted by Gasteiger charge is 2.46. The Balaban J connectivity index is 1.79. The van der Waals surface area contributed by atoms with Crippen LogP contribution in [0.4, 0.5) is 5.69 Å². The molecule has 0 saturated heterocycles. The van der Waals surface area contributed by atoms with Gasteiger partial charge in [-0.1, -0.05) is 48.9 Å². The van der Waals surface area contributed by atoms with Crippen molar-refractivity contribution in [3.05, 3.63) is 75.8 Å². The summed E-state index contributed by atoms with van der Waals surface area (Å²) in [7, 11) is 1.77. The predicted octanol–water partition coefficient (Wildman–Crippen LogP) is 3.68. The Morgan fingerprint density at radius 1 is 1.17 bits per heavy atom. The number of non-ortho nitro benzene ring substituents is 1. The molecule has 1 fully saturated rings. The number of hydrogen-bond donors (Lipinski definition) is 0. The Kier molecular flexibility index (Phi) is 4.34. The average molecular weight is 324 g/mol. The molecule has 3 rings (SSSR count). The maximum Gasteiger partial charge on any atom is 0.269 e. The number of amides is 1. The van der Waals surface area contributed by atoms with Crippen molar-refractivity contribution in [1.29, 1.82) is 0 Å². The fraction of sp³-hybridized carbons (Fsp3) is 0.316. The molecule has 0 heterocycles. The van der Waals surface area contributed by atoms with Gasteiger partial charge in [0.2, 0.25) is 5.91 Å². The third-order valence-electron chi connectivity index (χ3n) is 4.83. The molecule has 24 heavy (non-hydrogen) atoms. The first-order chi connectivity index (χ1) is 11.5. The summed E-state index contributed by atoms with van der Waals surface area (Å²) in [6.45, 7) is 0.370. The highest BCUT2D eigenvalue weighted by molar-refractivity contribution is 5.89. The summed E-state index contributed by atoms with van der Waals surface area (Å²) in [5.74, 6) is 0.0893. The fourth-order valence-corrected chi connectivity index (χ4v) is 3.39. The van der Waals surface area contributed by atoms with E-state index in [2.05, 4.69) is 0 Å². The number of likely N-dealkylation sites (N-methyl/N-ethyl adjacent to an activating group) is 1. The second-order valence-electron chi connectivity index (χ2n) is 6.39. The fourth-order valence-electron chi connectivity index (χ4n) is 3.39. The summed E-state index contributed by atoms with van der Waals surface area (Å²) >= 11 is 0. The van der Waals surface area contributed by atoms with Gasteiger partial charge in [0.25, 0.3) is 5.69 Å². The zero-order chi connectivity index (χ0) is 17.2. The molecule has 2 aromatic rings. The number of carbonyl (C=O) groups excluding carboxylic acids is 1. The van der Waals surface area contributed by atoms with Crippen molar-refractivity contribution in [3.8, 4) is 0 Å². The summed E-state index contributed by atoms with van der Waals surface area (Å²) < 4.78 is 0. The lowest BCUT2D eigenvalue weighted by molar-refractivity contribution is -0.384. The van der Waals surface area contributed by atoms with E-state index in [0.29, 0.717) is 6.54 Å². The van der Waals surface area contributed by atoms with Gasteiger partial charge in [-0.15, -0.1) is 0 Å². The van der Waals surface area contributed by atoms with Gasteiger partial charge in [0.05, 0.1) is 10.3 Å². The average Bonchev–Trinajstić information content (AvgIpc) is 2.55. The molecule has 5 nitrogen and oxygen atoms in total. The normalized spacial score (nSPS) is 15.4. The molecule has 1 saturated carbocycles. The van der Waals surface area contributed by atoms with E-state index in [1.165, 1.54) is 12.1 Å². The number of nitro groups is 1. The molecule has 124 valence electrons. The molecule has 2 aromatic carbocycles. The van der Waals surface area contributed by atoms with Crippen LogP contribution in [-0.4, -0.2) is 22.8 Å². The van der Waals surface area contributed by atoms with Crippen LogP contribution < -0.4 is 0 Å². The SMILES string of the molecule is CN(Cc1cccc([N+](=O)[O-])c1)C(=O)C1(c2ccccc2)CCC1. The molecule has 1 aliphatic rings. The van der Waals surface area contributed by atoms with Gasteiger partial charge in [-0.2, -0.15) is 0 Å². The first-order valence-electron chi connectivity index (χ1n) is 8.07. The van der Waals surface area contributed by atoms with Crippen LogP contribution in [0.1, 0.15) is 30.4 Å². The zero-order valence-electron chi connectivity index (χ0n) is 13.6. The van der Waals surface area contributed by atoms with Crippen LogP contribution in [0, 0.1) is 10.1 Å². The lowest BCUT2D eigenvalue weighted by Crippen LogP contribution is -2.49. The molecular formula is C19H20N2O3. The van der Waals surface area contributed by atoms with Gasteiger partial charge in [0.1, 0.15) is 0 Å². The number of nitro benzene ring substituents is 1. The topological polar surface area (TPSA) is 63.4 Å². The van der Waals surface area contributed by atoms with Gasteiger partial charge >= 0.3 is 0 Å². The van der Waals surface area contributed by atoms with Crippen molar-refractivity contribution < 1.29 is 9.72 Å². The van der Waals surface area contributed by atoms with Crippen LogP contribution in [0.2, 0.25) is 0 Å². The molecule has 0 unspecified atom stereocenters. The summed E-state index contributed by atoms with van der Waals surface area (Å²) in [5.41, 5.74) is 1.45. The van der Waals surface area contributed by atoms with Gasteiger partial charge in [0, 0.05) is 25.7 Å². The van der Waals surface area contributed by atoms with Crippen molar-refractivity contribution in [2.24, 2.45) is 0 Å². The Hall–Kier alpha value is -2.69. The standard InChI is InChI=1S/C19H20N2O3/c1-20(14-15-7-5-10-17(13-15)21(23)24)18(22)19(11-6-12-19)16-8-3-2-4-9-16/h2-5,7-10,13H,6,11-12,14H2,1H3. The van der Waals surface area contributed by atoms with Crippen LogP contribution in [0.25, 0.3) is 0 Å². The van der Waals surface area contributed by atoms with Crippen LogP contribution in [0.5, 0.6) is 0 Å². The van der Waals surface area contributed by atoms with Crippen molar-refractivity contribution in [3.63, 3.8) is 0 Å². The van der Waals surface area contributed by atoms with E-state index < -0.39 is 10.3 Å². The van der Waals surface area contributed by atoms with Crippen LogP contribution in [-0.2, 0) is 16.8 Å². The number of carbonyl (C=O) groups is 1. The number of benzene rings is 2. The Morgan fingerprint density at radius 3 is 2.46 bits per heavy atom. The lowest BCUT2D eigenvalue weighted by Gasteiger charge is -2.43. The molecular weight excluding hydrogens is 304 g/mol. The smallest absolute Gasteiger partial charge is 0.269 e. The number of nitrogens with zero attached hydrogens (tertiary/aromatic N) is 2. The van der Waals surface area contributed by atoms with E-state index in [-0.39, 0.29) is 11.6 Å². The maximum absolute atomic E-state index is 13.1. The number of rotatable bonds is 5. The second-order valence-corrected chi connectivity index (χ2v) is 6.39. The predicted molar refractivity (Wildman–Crippen MR) is 91.5 cm³/mol. The molecule has 0 aromatic heterocycles. The molecule has 0 atom stereocenters. The van der Waals surface area contributed by atoms with Crippen LogP contribution in [0.3, 0.4) is 0 Å². The second kappa shape index (κ2) is 6.43. The minimum absolute atomic E-state index is 0.0507. The quantitative estimate of drug-likeness (QED) is 0.622. The van der Waals surface area contributed by atoms with E-state index in [4.69, 9.17) is 0 Å². The first kappa shape index (κ1) is 16.2. The van der Waals surface area contributed by atoms with Crippen molar-refractivity contribution in [2.45, 2.75) is 31.2 Å². The van der Waals surface area contributed by atoms with E-state index >= 15 is 0 Å². The molecule has 1 aliphatic carbocycles. The molecule has 5 heteroatoms. The van der Waals surface area contributed by atoms with Crippen molar-refractivity contribution >= 4 is 11.6 Å². The summed E-state index contributed by atoms with van der Waals surface area (Å²) in [4.78, 5) is 25.2. The van der Waals surface area contributed by atoms with E-state index in [1.54, 1.807) is 18.0 Å². The van der Waals surface area contributed by atoms with Crippen LogP contribution in [0.15, 0.2) is 54.6 Å². The molecule has 0 aliphatic heterocycles. The van der Waals surface area contributed by atoms with Gasteiger partial charge in [0.15, 0.2) is 0 Å². The minimum Gasteiger partial charge on any atom is -0.341 e. The first-order valence-corrected chi connectivity index (χ1v) is 8.07. The maximum atomic E-state index is 13.1. The molecule has 1 amide bonds. The third kappa shape index (κ3) is 2.89. The van der Waals surface area contributed by atoms with Crippen molar-refractivity contribution in [1.82, 2.24) is 4.90 Å². The van der Waals surface area contributed by atoms with Gasteiger partial charge in [-0.05, 0) is 24.0 Å². The molecule has 0 N–H and O–H groups in total. The van der Waals surface area contributed by atoms with Crippen molar-refractivity contribution in [2.75, 3.05) is 7.05 Å². The van der Waals surface area contributed by atoms with Gasteiger partial charge < -0.3 is 4.90 Å². The van der Waals surface area contributed by atoms with E-state index in [9.17, 15) is 14.9 Å². The highest BCUT2D eigenvalue weighted by atomic mass is 16.6.